The van der Waals surface area contributed by atoms with Gasteiger partial charge in [0.2, 0.25) is 5.91 Å². The Hall–Kier alpha value is -4.32. The lowest BCUT2D eigenvalue weighted by molar-refractivity contribution is -0.143. The van der Waals surface area contributed by atoms with Gasteiger partial charge in [-0.1, -0.05) is 53.7 Å². The van der Waals surface area contributed by atoms with Crippen LogP contribution in [0.3, 0.4) is 0 Å². The van der Waals surface area contributed by atoms with E-state index in [1.165, 1.54) is 11.6 Å². The van der Waals surface area contributed by atoms with Crippen LogP contribution in [0.2, 0.25) is 0 Å². The van der Waals surface area contributed by atoms with Crippen molar-refractivity contribution < 1.29 is 19.1 Å². The highest BCUT2D eigenvalue weighted by molar-refractivity contribution is 7.99. The molecule has 2 aromatic carbocycles. The molecule has 0 saturated carbocycles. The molecular formula is C29H33N5O6S. The first-order valence-corrected chi connectivity index (χ1v) is 14.0. The van der Waals surface area contributed by atoms with Crippen LogP contribution in [-0.4, -0.2) is 50.0 Å². The Morgan fingerprint density at radius 2 is 1.71 bits per heavy atom. The molecule has 216 valence electrons. The molecule has 0 aliphatic carbocycles. The van der Waals surface area contributed by atoms with Gasteiger partial charge in [0.25, 0.3) is 5.56 Å². The number of nitrogens with zero attached hydrogens (tertiary/aromatic N) is 4. The van der Waals surface area contributed by atoms with Crippen LogP contribution in [0.25, 0.3) is 11.2 Å². The van der Waals surface area contributed by atoms with Gasteiger partial charge >= 0.3 is 11.7 Å². The molecule has 12 heteroatoms. The molecule has 4 aromatic rings. The molecule has 0 fully saturated rings. The van der Waals surface area contributed by atoms with Crippen molar-refractivity contribution in [1.82, 2.24) is 24.0 Å². The number of rotatable bonds is 11. The Bertz CT molecular complexity index is 1670. The van der Waals surface area contributed by atoms with Crippen LogP contribution in [0, 0.1) is 6.92 Å². The van der Waals surface area contributed by atoms with Crippen molar-refractivity contribution >= 4 is 34.8 Å². The number of carbonyl (C=O) groups excluding carboxylic acids is 2. The number of ether oxygens (including phenoxy) is 2. The summed E-state index contributed by atoms with van der Waals surface area (Å²) in [6.45, 7) is 4.27. The molecule has 2 aromatic heterocycles. The molecule has 1 unspecified atom stereocenters. The molecule has 11 nitrogen and oxygen atoms in total. The summed E-state index contributed by atoms with van der Waals surface area (Å²) >= 11 is 1.14. The first-order chi connectivity index (χ1) is 19.6. The van der Waals surface area contributed by atoms with E-state index in [1.54, 1.807) is 49.9 Å². The van der Waals surface area contributed by atoms with Gasteiger partial charge in [-0.2, -0.15) is 0 Å². The van der Waals surface area contributed by atoms with Crippen LogP contribution in [-0.2, 0) is 35.0 Å². The standard InChI is InChI=1S/C29H33N5O6S/c1-6-40-24(36)15-22(20-11-13-21(39-5)14-12-20)30-23(35)17-41-28-31-26-25(27(37)33(4)29(38)32(26)3)34(28)16-19-9-7-18(2)8-10-19/h7-14,22H,6,15-17H2,1-5H3,(H,30,35). The molecule has 2 heterocycles. The van der Waals surface area contributed by atoms with Crippen molar-refractivity contribution in [3.63, 3.8) is 0 Å². The lowest BCUT2D eigenvalue weighted by Crippen LogP contribution is -2.37. The number of benzene rings is 2. The van der Waals surface area contributed by atoms with Gasteiger partial charge in [-0.3, -0.25) is 23.5 Å². The molecule has 0 bridgehead atoms. The Morgan fingerprint density at radius 1 is 1.02 bits per heavy atom. The van der Waals surface area contributed by atoms with Crippen molar-refractivity contribution in [2.24, 2.45) is 14.1 Å². The highest BCUT2D eigenvalue weighted by atomic mass is 32.2. The van der Waals surface area contributed by atoms with Crippen molar-refractivity contribution in [1.29, 1.82) is 0 Å². The van der Waals surface area contributed by atoms with Gasteiger partial charge in [0, 0.05) is 14.1 Å². The smallest absolute Gasteiger partial charge is 0.332 e. The topological polar surface area (TPSA) is 126 Å². The molecule has 41 heavy (non-hydrogen) atoms. The van der Waals surface area contributed by atoms with E-state index in [4.69, 9.17) is 9.47 Å². The van der Waals surface area contributed by atoms with Crippen LogP contribution in [0.1, 0.15) is 36.1 Å². The number of hydrogen-bond donors (Lipinski definition) is 1. The number of amides is 1. The van der Waals surface area contributed by atoms with Crippen LogP contribution < -0.4 is 21.3 Å². The van der Waals surface area contributed by atoms with E-state index in [9.17, 15) is 19.2 Å². The highest BCUT2D eigenvalue weighted by Gasteiger charge is 2.23. The number of imidazole rings is 1. The third-order valence-electron chi connectivity index (χ3n) is 6.64. The SMILES string of the molecule is CCOC(=O)CC(NC(=O)CSc1nc2c(c(=O)n(C)c(=O)n2C)n1Cc1ccc(C)cc1)c1ccc(OC)cc1. The van der Waals surface area contributed by atoms with E-state index in [1.807, 2.05) is 31.2 Å². The van der Waals surface area contributed by atoms with Crippen LogP contribution in [0.5, 0.6) is 5.75 Å². The number of hydrogen-bond acceptors (Lipinski definition) is 8. The fourth-order valence-electron chi connectivity index (χ4n) is 4.40. The first-order valence-electron chi connectivity index (χ1n) is 13.1. The molecule has 0 aliphatic heterocycles. The predicted molar refractivity (Wildman–Crippen MR) is 156 cm³/mol. The molecule has 0 radical (unpaired) electrons. The molecule has 1 N–H and O–H groups in total. The van der Waals surface area contributed by atoms with Crippen LogP contribution >= 0.6 is 11.8 Å². The van der Waals surface area contributed by atoms with E-state index in [2.05, 4.69) is 10.3 Å². The van der Waals surface area contributed by atoms with Gasteiger partial charge in [0.1, 0.15) is 5.75 Å². The Kier molecular flexibility index (Phi) is 9.33. The fourth-order valence-corrected chi connectivity index (χ4v) is 5.21. The maximum absolute atomic E-state index is 13.2. The van der Waals surface area contributed by atoms with E-state index in [0.29, 0.717) is 17.5 Å². The second kappa shape index (κ2) is 12.9. The van der Waals surface area contributed by atoms with E-state index in [0.717, 1.165) is 33.0 Å². The minimum Gasteiger partial charge on any atom is -0.497 e. The Morgan fingerprint density at radius 3 is 2.34 bits per heavy atom. The largest absolute Gasteiger partial charge is 0.497 e. The van der Waals surface area contributed by atoms with Gasteiger partial charge in [0.05, 0.1) is 38.5 Å². The summed E-state index contributed by atoms with van der Waals surface area (Å²) < 4.78 is 14.4. The average molecular weight is 580 g/mol. The van der Waals surface area contributed by atoms with E-state index >= 15 is 0 Å². The first kappa shape index (κ1) is 29.7. The van der Waals surface area contributed by atoms with Gasteiger partial charge in [-0.25, -0.2) is 9.78 Å². The monoisotopic (exact) mass is 579 g/mol. The zero-order valence-electron chi connectivity index (χ0n) is 23.7. The highest BCUT2D eigenvalue weighted by Crippen LogP contribution is 2.25. The number of aryl methyl sites for hydroxylation is 2. The zero-order valence-corrected chi connectivity index (χ0v) is 24.5. The Balaban J connectivity index is 1.62. The Labute approximate surface area is 241 Å². The minimum absolute atomic E-state index is 0.0407. The lowest BCUT2D eigenvalue weighted by atomic mass is 10.0. The average Bonchev–Trinajstić information content (AvgIpc) is 3.33. The van der Waals surface area contributed by atoms with Crippen molar-refractivity contribution in [3.05, 3.63) is 86.1 Å². The minimum atomic E-state index is -0.618. The molecule has 0 aliphatic rings. The lowest BCUT2D eigenvalue weighted by Gasteiger charge is -2.19. The molecular weight excluding hydrogens is 546 g/mol. The number of aromatic nitrogens is 4. The zero-order chi connectivity index (χ0) is 29.7. The third-order valence-corrected chi connectivity index (χ3v) is 7.61. The maximum Gasteiger partial charge on any atom is 0.332 e. The van der Waals surface area contributed by atoms with Crippen molar-refractivity contribution in [2.45, 2.75) is 38.0 Å². The number of fused-ring (bicyclic) bond motifs is 1. The third kappa shape index (κ3) is 6.71. The summed E-state index contributed by atoms with van der Waals surface area (Å²) in [5.41, 5.74) is 2.32. The van der Waals surface area contributed by atoms with Gasteiger partial charge < -0.3 is 19.4 Å². The summed E-state index contributed by atoms with van der Waals surface area (Å²) in [7, 11) is 4.55. The van der Waals surface area contributed by atoms with E-state index in [-0.39, 0.29) is 35.9 Å². The van der Waals surface area contributed by atoms with Crippen molar-refractivity contribution in [2.75, 3.05) is 19.5 Å². The summed E-state index contributed by atoms with van der Waals surface area (Å²) in [6, 6.07) is 14.3. The van der Waals surface area contributed by atoms with Crippen LogP contribution in [0.15, 0.2) is 63.3 Å². The van der Waals surface area contributed by atoms with Gasteiger partial charge in [0.15, 0.2) is 16.3 Å². The van der Waals surface area contributed by atoms with E-state index < -0.39 is 23.3 Å². The normalized spacial score (nSPS) is 11.8. The number of thioether (sulfide) groups is 1. The van der Waals surface area contributed by atoms with Crippen molar-refractivity contribution in [3.8, 4) is 5.75 Å². The number of nitrogens with one attached hydrogen (secondary N) is 1. The number of esters is 1. The fraction of sp³-hybridized carbons (Fsp3) is 0.345. The summed E-state index contributed by atoms with van der Waals surface area (Å²) in [4.78, 5) is 55.8. The summed E-state index contributed by atoms with van der Waals surface area (Å²) in [5, 5.41) is 3.34. The maximum atomic E-state index is 13.2. The quantitative estimate of drug-likeness (QED) is 0.212. The number of methoxy groups -OCH3 is 1. The predicted octanol–water partition coefficient (Wildman–Crippen LogP) is 2.70. The second-order valence-corrected chi connectivity index (χ2v) is 10.5. The molecule has 0 spiro atoms. The van der Waals surface area contributed by atoms with Gasteiger partial charge in [-0.15, -0.1) is 0 Å². The molecule has 1 atom stereocenters. The van der Waals surface area contributed by atoms with Crippen LogP contribution in [0.4, 0.5) is 0 Å². The summed E-state index contributed by atoms with van der Waals surface area (Å²) in [5.74, 6) is -0.159. The molecule has 0 saturated heterocycles. The van der Waals surface area contributed by atoms with Gasteiger partial charge in [-0.05, 0) is 37.1 Å². The second-order valence-electron chi connectivity index (χ2n) is 9.54. The molecule has 1 amide bonds. The molecule has 4 rings (SSSR count). The number of carbonyl (C=O) groups is 2. The summed E-state index contributed by atoms with van der Waals surface area (Å²) in [6.07, 6.45) is -0.0410.